The van der Waals surface area contributed by atoms with Gasteiger partial charge in [-0.25, -0.2) is 0 Å². The van der Waals surface area contributed by atoms with Crippen molar-refractivity contribution < 1.29 is 9.90 Å². The van der Waals surface area contributed by atoms with Crippen LogP contribution < -0.4 is 0 Å². The van der Waals surface area contributed by atoms with Crippen molar-refractivity contribution in [1.29, 1.82) is 0 Å². The highest BCUT2D eigenvalue weighted by atomic mass is 16.3. The number of likely N-dealkylation sites (N-methyl/N-ethyl adjacent to an activating group) is 1. The molecule has 0 bridgehead atoms. The molecule has 1 rings (SSSR count). The summed E-state index contributed by atoms with van der Waals surface area (Å²) in [6.07, 6.45) is 0. The zero-order chi connectivity index (χ0) is 13.9. The molecule has 0 aliphatic rings. The molecule has 0 unspecified atom stereocenters. The lowest BCUT2D eigenvalue weighted by Gasteiger charge is -2.25. The van der Waals surface area contributed by atoms with E-state index in [0.29, 0.717) is 13.1 Å². The Bertz CT molecular complexity index is 433. The third-order valence-electron chi connectivity index (χ3n) is 2.76. The molecule has 0 saturated carbocycles. The van der Waals surface area contributed by atoms with Gasteiger partial charge in [0.1, 0.15) is 0 Å². The second kappa shape index (κ2) is 5.63. The summed E-state index contributed by atoms with van der Waals surface area (Å²) >= 11 is 0. The lowest BCUT2D eigenvalue weighted by Crippen LogP contribution is -2.38. The van der Waals surface area contributed by atoms with E-state index in [2.05, 4.69) is 0 Å². The highest BCUT2D eigenvalue weighted by Gasteiger charge is 2.18. The first-order chi connectivity index (χ1) is 8.19. The van der Waals surface area contributed by atoms with Crippen molar-refractivity contribution in [3.63, 3.8) is 0 Å². The van der Waals surface area contributed by atoms with Crippen LogP contribution in [-0.2, 0) is 0 Å². The molecule has 0 radical (unpaired) electrons. The van der Waals surface area contributed by atoms with Gasteiger partial charge in [-0.05, 0) is 46.4 Å². The molecule has 1 aromatic carbocycles. The average molecular weight is 249 g/mol. The van der Waals surface area contributed by atoms with Crippen LogP contribution in [0.4, 0.5) is 0 Å². The number of benzene rings is 1. The lowest BCUT2D eigenvalue weighted by atomic mass is 10.0. The number of rotatable bonds is 5. The number of hydrogen-bond acceptors (Lipinski definition) is 3. The average Bonchev–Trinajstić information content (AvgIpc) is 2.18. The molecule has 0 amide bonds. The largest absolute Gasteiger partial charge is 0.389 e. The number of nitrogens with zero attached hydrogens (tertiary/aromatic N) is 1. The molecule has 0 atom stereocenters. The molecular weight excluding hydrogens is 226 g/mol. The van der Waals surface area contributed by atoms with E-state index in [-0.39, 0.29) is 5.78 Å². The van der Waals surface area contributed by atoms with Crippen LogP contribution in [0.3, 0.4) is 0 Å². The molecule has 100 valence electrons. The number of aliphatic hydroxyl groups is 1. The Morgan fingerprint density at radius 2 is 1.94 bits per heavy atom. The summed E-state index contributed by atoms with van der Waals surface area (Å²) < 4.78 is 0. The maximum Gasteiger partial charge on any atom is 0.177 e. The molecule has 0 heterocycles. The smallest absolute Gasteiger partial charge is 0.177 e. The maximum atomic E-state index is 12.2. The van der Waals surface area contributed by atoms with Gasteiger partial charge >= 0.3 is 0 Å². The van der Waals surface area contributed by atoms with Crippen LogP contribution in [0.2, 0.25) is 0 Å². The van der Waals surface area contributed by atoms with Crippen molar-refractivity contribution in [3.05, 3.63) is 34.9 Å². The summed E-state index contributed by atoms with van der Waals surface area (Å²) in [4.78, 5) is 14.0. The fourth-order valence-corrected chi connectivity index (χ4v) is 2.08. The Kier molecular flexibility index (Phi) is 4.65. The predicted molar refractivity (Wildman–Crippen MR) is 74.0 cm³/mol. The molecule has 0 aliphatic carbocycles. The Morgan fingerprint density at radius 1 is 1.33 bits per heavy atom. The maximum absolute atomic E-state index is 12.2. The van der Waals surface area contributed by atoms with Crippen LogP contribution in [0, 0.1) is 13.8 Å². The Morgan fingerprint density at radius 3 is 2.50 bits per heavy atom. The van der Waals surface area contributed by atoms with Crippen LogP contribution in [0.5, 0.6) is 0 Å². The molecule has 3 nitrogen and oxygen atoms in total. The molecule has 1 aromatic rings. The van der Waals surface area contributed by atoms with Gasteiger partial charge in [0.25, 0.3) is 0 Å². The first kappa shape index (κ1) is 14.9. The third kappa shape index (κ3) is 4.59. The minimum Gasteiger partial charge on any atom is -0.389 e. The fourth-order valence-electron chi connectivity index (χ4n) is 2.08. The monoisotopic (exact) mass is 249 g/mol. The molecule has 0 spiro atoms. The van der Waals surface area contributed by atoms with E-state index in [1.165, 1.54) is 0 Å². The van der Waals surface area contributed by atoms with E-state index in [1.54, 1.807) is 13.8 Å². The quantitative estimate of drug-likeness (QED) is 0.813. The minimum absolute atomic E-state index is 0.1000. The number of hydrogen-bond donors (Lipinski definition) is 1. The van der Waals surface area contributed by atoms with Crippen LogP contribution in [0.1, 0.15) is 35.3 Å². The van der Waals surface area contributed by atoms with Crippen molar-refractivity contribution in [3.8, 4) is 0 Å². The van der Waals surface area contributed by atoms with Crippen LogP contribution in [-0.4, -0.2) is 41.5 Å². The van der Waals surface area contributed by atoms with Crippen molar-refractivity contribution in [2.75, 3.05) is 20.1 Å². The predicted octanol–water partition coefficient (Wildman–Crippen LogP) is 2.19. The third-order valence-corrected chi connectivity index (χ3v) is 2.76. The molecule has 1 N–H and O–H groups in total. The number of carbonyl (C=O) groups is 1. The van der Waals surface area contributed by atoms with E-state index in [4.69, 9.17) is 0 Å². The first-order valence-electron chi connectivity index (χ1n) is 6.20. The molecule has 3 heteroatoms. The topological polar surface area (TPSA) is 40.5 Å². The van der Waals surface area contributed by atoms with Crippen LogP contribution >= 0.6 is 0 Å². The van der Waals surface area contributed by atoms with E-state index < -0.39 is 5.60 Å². The second-order valence-electron chi connectivity index (χ2n) is 5.73. The van der Waals surface area contributed by atoms with Crippen molar-refractivity contribution in [2.24, 2.45) is 0 Å². The summed E-state index contributed by atoms with van der Waals surface area (Å²) in [6.45, 7) is 8.22. The zero-order valence-electron chi connectivity index (χ0n) is 11.9. The van der Waals surface area contributed by atoms with Gasteiger partial charge in [0.15, 0.2) is 5.78 Å². The summed E-state index contributed by atoms with van der Waals surface area (Å²) in [7, 11) is 1.85. The SMILES string of the molecule is Cc1ccc(C)c(C(=O)CN(C)CC(C)(C)O)c1. The molecule has 0 fully saturated rings. The molecule has 18 heavy (non-hydrogen) atoms. The van der Waals surface area contributed by atoms with Crippen molar-refractivity contribution in [1.82, 2.24) is 4.90 Å². The van der Waals surface area contributed by atoms with Gasteiger partial charge < -0.3 is 5.11 Å². The van der Waals surface area contributed by atoms with Crippen molar-refractivity contribution >= 4 is 5.78 Å². The highest BCUT2D eigenvalue weighted by Crippen LogP contribution is 2.12. The van der Waals surface area contributed by atoms with Crippen LogP contribution in [0.15, 0.2) is 18.2 Å². The van der Waals surface area contributed by atoms with Gasteiger partial charge in [-0.3, -0.25) is 9.69 Å². The van der Waals surface area contributed by atoms with Crippen molar-refractivity contribution in [2.45, 2.75) is 33.3 Å². The van der Waals surface area contributed by atoms with E-state index in [0.717, 1.165) is 16.7 Å². The molecular formula is C15H23NO2. The highest BCUT2D eigenvalue weighted by molar-refractivity contribution is 5.99. The van der Waals surface area contributed by atoms with Gasteiger partial charge in [0, 0.05) is 12.1 Å². The van der Waals surface area contributed by atoms with Gasteiger partial charge in [-0.15, -0.1) is 0 Å². The Labute approximate surface area is 109 Å². The van der Waals surface area contributed by atoms with Gasteiger partial charge in [-0.1, -0.05) is 17.7 Å². The number of carbonyl (C=O) groups excluding carboxylic acids is 1. The number of Topliss-reactive ketones (excluding diaryl/α,β-unsaturated/α-hetero) is 1. The number of aryl methyl sites for hydroxylation is 2. The normalized spacial score (nSPS) is 11.9. The summed E-state index contributed by atoms with van der Waals surface area (Å²) in [5.41, 5.74) is 2.09. The molecule has 0 aliphatic heterocycles. The van der Waals surface area contributed by atoms with E-state index in [9.17, 15) is 9.90 Å². The number of ketones is 1. The summed E-state index contributed by atoms with van der Waals surface area (Å²) in [5.74, 6) is 0.1000. The fraction of sp³-hybridized carbons (Fsp3) is 0.533. The van der Waals surface area contributed by atoms with E-state index >= 15 is 0 Å². The zero-order valence-corrected chi connectivity index (χ0v) is 11.9. The van der Waals surface area contributed by atoms with Gasteiger partial charge in [0.2, 0.25) is 0 Å². The molecule has 0 saturated heterocycles. The Hall–Kier alpha value is -1.19. The standard InChI is InChI=1S/C15H23NO2/c1-11-6-7-12(2)13(8-11)14(17)9-16(5)10-15(3,4)18/h6-8,18H,9-10H2,1-5H3. The van der Waals surface area contributed by atoms with Gasteiger partial charge in [0.05, 0.1) is 12.1 Å². The Balaban J connectivity index is 2.74. The second-order valence-corrected chi connectivity index (χ2v) is 5.73. The first-order valence-corrected chi connectivity index (χ1v) is 6.20. The lowest BCUT2D eigenvalue weighted by molar-refractivity contribution is 0.0439. The minimum atomic E-state index is -0.781. The summed E-state index contributed by atoms with van der Waals surface area (Å²) in [5, 5.41) is 9.72. The van der Waals surface area contributed by atoms with Crippen LogP contribution in [0.25, 0.3) is 0 Å². The van der Waals surface area contributed by atoms with Gasteiger partial charge in [-0.2, -0.15) is 0 Å². The van der Waals surface area contributed by atoms with E-state index in [1.807, 2.05) is 44.0 Å². The summed E-state index contributed by atoms with van der Waals surface area (Å²) in [6, 6.07) is 5.90. The molecule has 0 aromatic heterocycles.